The van der Waals surface area contributed by atoms with Crippen LogP contribution in [-0.2, 0) is 9.53 Å². The minimum atomic E-state index is -0.601. The van der Waals surface area contributed by atoms with E-state index in [0.717, 1.165) is 33.4 Å². The highest BCUT2D eigenvalue weighted by molar-refractivity contribution is 8.00. The number of esters is 1. The molecule has 2 aliphatic heterocycles. The Morgan fingerprint density at radius 2 is 1.84 bits per heavy atom. The summed E-state index contributed by atoms with van der Waals surface area (Å²) in [5.74, 6) is 0.343. The fourth-order valence-corrected chi connectivity index (χ4v) is 6.89. The molecule has 0 spiro atoms. The molecule has 1 atom stereocenters. The molecule has 2 saturated heterocycles. The average molecular weight is 481 g/mol. The largest absolute Gasteiger partial charge is 0.467 e. The molecule has 31 heavy (non-hydrogen) atoms. The van der Waals surface area contributed by atoms with E-state index in [2.05, 4.69) is 9.97 Å². The van der Waals surface area contributed by atoms with Crippen molar-refractivity contribution in [2.75, 3.05) is 32.5 Å². The van der Waals surface area contributed by atoms with Crippen LogP contribution in [0.5, 0.6) is 0 Å². The second-order valence-corrected chi connectivity index (χ2v) is 10.8. The lowest BCUT2D eigenvalue weighted by Gasteiger charge is -2.31. The quantitative estimate of drug-likeness (QED) is 0.621. The zero-order valence-electron chi connectivity index (χ0n) is 17.6. The van der Waals surface area contributed by atoms with E-state index in [1.165, 1.54) is 46.4 Å². The van der Waals surface area contributed by atoms with Crippen molar-refractivity contribution in [1.29, 1.82) is 0 Å². The number of piperidine rings is 1. The van der Waals surface area contributed by atoms with Gasteiger partial charge in [0.1, 0.15) is 10.6 Å². The van der Waals surface area contributed by atoms with Crippen LogP contribution in [0.4, 0.5) is 0 Å². The van der Waals surface area contributed by atoms with Gasteiger partial charge in [-0.3, -0.25) is 9.59 Å². The Kier molecular flexibility index (Phi) is 6.63. The first-order chi connectivity index (χ1) is 14.9. The van der Waals surface area contributed by atoms with E-state index in [1.807, 2.05) is 18.7 Å². The van der Waals surface area contributed by atoms with Crippen molar-refractivity contribution in [2.24, 2.45) is 0 Å². The Labute approximate surface area is 193 Å². The molecule has 0 aliphatic carbocycles. The molecule has 166 valence electrons. The summed E-state index contributed by atoms with van der Waals surface area (Å²) < 4.78 is 4.81. The van der Waals surface area contributed by atoms with E-state index in [0.29, 0.717) is 31.1 Å². The Hall–Kier alpha value is -1.98. The van der Waals surface area contributed by atoms with Gasteiger partial charge in [0, 0.05) is 36.7 Å². The number of methoxy groups -OCH3 is 1. The number of hydrogen-bond donors (Lipinski definition) is 0. The summed E-state index contributed by atoms with van der Waals surface area (Å²) in [6.07, 6.45) is 1.63. The minimum Gasteiger partial charge on any atom is -0.467 e. The van der Waals surface area contributed by atoms with Crippen LogP contribution in [-0.4, -0.2) is 75.4 Å². The standard InChI is InChI=1S/C20H24N4O4S3/c1-11-15(31-12(2)21-11)18(26)23-6-4-13(5-7-23)16-22-14(10-30-16)17(25)24-8-9-29-19(24)20(27)28-3/h10,13,19H,4-9H2,1-3H3. The minimum absolute atomic E-state index is 0.0527. The predicted molar refractivity (Wildman–Crippen MR) is 121 cm³/mol. The van der Waals surface area contributed by atoms with Gasteiger partial charge >= 0.3 is 5.97 Å². The van der Waals surface area contributed by atoms with Crippen LogP contribution >= 0.6 is 34.4 Å². The maximum atomic E-state index is 12.9. The Morgan fingerprint density at radius 1 is 1.10 bits per heavy atom. The number of likely N-dealkylation sites (tertiary alicyclic amines) is 1. The van der Waals surface area contributed by atoms with E-state index in [9.17, 15) is 14.4 Å². The van der Waals surface area contributed by atoms with E-state index < -0.39 is 11.3 Å². The highest BCUT2D eigenvalue weighted by Crippen LogP contribution is 2.33. The van der Waals surface area contributed by atoms with Gasteiger partial charge < -0.3 is 14.5 Å². The third-order valence-electron chi connectivity index (χ3n) is 5.52. The molecule has 4 heterocycles. The van der Waals surface area contributed by atoms with Gasteiger partial charge in [0.2, 0.25) is 0 Å². The zero-order chi connectivity index (χ0) is 22.1. The first kappa shape index (κ1) is 22.2. The van der Waals surface area contributed by atoms with Crippen molar-refractivity contribution in [3.8, 4) is 0 Å². The molecule has 4 rings (SSSR count). The molecule has 0 radical (unpaired) electrons. The number of aromatic nitrogens is 2. The molecule has 0 saturated carbocycles. The third kappa shape index (κ3) is 4.49. The van der Waals surface area contributed by atoms with Crippen molar-refractivity contribution in [2.45, 2.75) is 38.0 Å². The second kappa shape index (κ2) is 9.25. The number of carbonyl (C=O) groups is 3. The summed E-state index contributed by atoms with van der Waals surface area (Å²) in [5.41, 5.74) is 1.17. The highest BCUT2D eigenvalue weighted by atomic mass is 32.2. The second-order valence-electron chi connectivity index (χ2n) is 7.53. The number of nitrogens with zero attached hydrogens (tertiary/aromatic N) is 4. The Bertz CT molecular complexity index is 996. The van der Waals surface area contributed by atoms with Crippen molar-refractivity contribution >= 4 is 52.2 Å². The van der Waals surface area contributed by atoms with Crippen LogP contribution in [0.25, 0.3) is 0 Å². The number of carbonyl (C=O) groups excluding carboxylic acids is 3. The van der Waals surface area contributed by atoms with Crippen LogP contribution in [0.2, 0.25) is 0 Å². The maximum Gasteiger partial charge on any atom is 0.339 e. The lowest BCUT2D eigenvalue weighted by molar-refractivity contribution is -0.142. The predicted octanol–water partition coefficient (Wildman–Crippen LogP) is 2.92. The van der Waals surface area contributed by atoms with Gasteiger partial charge in [-0.2, -0.15) is 0 Å². The summed E-state index contributed by atoms with van der Waals surface area (Å²) in [5, 5.41) is 3.00. The molecule has 2 aromatic heterocycles. The van der Waals surface area contributed by atoms with E-state index in [1.54, 1.807) is 5.38 Å². The number of aryl methyl sites for hydroxylation is 2. The molecule has 8 nitrogen and oxygen atoms in total. The molecule has 0 bridgehead atoms. The highest BCUT2D eigenvalue weighted by Gasteiger charge is 2.37. The summed E-state index contributed by atoms with van der Waals surface area (Å²) in [6.45, 7) is 5.62. The van der Waals surface area contributed by atoms with Gasteiger partial charge in [0.25, 0.3) is 11.8 Å². The molecule has 2 amide bonds. The van der Waals surface area contributed by atoms with Crippen molar-refractivity contribution in [1.82, 2.24) is 19.8 Å². The molecular weight excluding hydrogens is 456 g/mol. The van der Waals surface area contributed by atoms with Gasteiger partial charge in [-0.1, -0.05) is 0 Å². The first-order valence-corrected chi connectivity index (χ1v) is 12.8. The topological polar surface area (TPSA) is 92.7 Å². The maximum absolute atomic E-state index is 12.9. The summed E-state index contributed by atoms with van der Waals surface area (Å²) in [4.78, 5) is 50.8. The molecule has 2 fully saturated rings. The SMILES string of the molecule is COC(=O)C1SCCN1C(=O)c1csc(C2CCN(C(=O)c3sc(C)nc3C)CC2)n1. The fraction of sp³-hybridized carbons (Fsp3) is 0.550. The monoisotopic (exact) mass is 480 g/mol. The van der Waals surface area contributed by atoms with Crippen LogP contribution in [0.15, 0.2) is 5.38 Å². The molecule has 11 heteroatoms. The number of thiazole rings is 2. The van der Waals surface area contributed by atoms with Gasteiger partial charge in [-0.15, -0.1) is 34.4 Å². The molecule has 0 aromatic carbocycles. The zero-order valence-corrected chi connectivity index (χ0v) is 20.1. The molecule has 2 aromatic rings. The average Bonchev–Trinajstić information content (AvgIpc) is 3.52. The van der Waals surface area contributed by atoms with Gasteiger partial charge in [-0.25, -0.2) is 14.8 Å². The van der Waals surface area contributed by atoms with Crippen LogP contribution in [0, 0.1) is 13.8 Å². The lowest BCUT2D eigenvalue weighted by Crippen LogP contribution is -2.40. The number of thioether (sulfide) groups is 1. The molecule has 1 unspecified atom stereocenters. The van der Waals surface area contributed by atoms with Crippen LogP contribution < -0.4 is 0 Å². The number of rotatable bonds is 4. The van der Waals surface area contributed by atoms with Gasteiger partial charge in [-0.05, 0) is 26.7 Å². The normalized spacial score (nSPS) is 19.6. The summed E-state index contributed by atoms with van der Waals surface area (Å²) in [7, 11) is 1.33. The summed E-state index contributed by atoms with van der Waals surface area (Å²) >= 11 is 4.33. The molecular formula is C20H24N4O4S3. The van der Waals surface area contributed by atoms with Crippen molar-refractivity contribution in [3.63, 3.8) is 0 Å². The fourth-order valence-electron chi connectivity index (χ4n) is 3.90. The molecule has 0 N–H and O–H groups in total. The Balaban J connectivity index is 1.38. The Morgan fingerprint density at radius 3 is 2.48 bits per heavy atom. The molecule has 2 aliphatic rings. The smallest absolute Gasteiger partial charge is 0.339 e. The van der Waals surface area contributed by atoms with Gasteiger partial charge in [0.15, 0.2) is 5.37 Å². The number of amides is 2. The van der Waals surface area contributed by atoms with Crippen LogP contribution in [0.1, 0.15) is 54.6 Å². The number of hydrogen-bond acceptors (Lipinski definition) is 9. The van der Waals surface area contributed by atoms with E-state index >= 15 is 0 Å². The van der Waals surface area contributed by atoms with Crippen molar-refractivity contribution < 1.29 is 19.1 Å². The third-order valence-corrected chi connectivity index (χ3v) is 8.77. The first-order valence-electron chi connectivity index (χ1n) is 10.1. The number of ether oxygens (including phenoxy) is 1. The lowest BCUT2D eigenvalue weighted by atomic mass is 9.97. The van der Waals surface area contributed by atoms with Crippen molar-refractivity contribution in [3.05, 3.63) is 31.7 Å². The van der Waals surface area contributed by atoms with E-state index in [-0.39, 0.29) is 17.7 Å². The van der Waals surface area contributed by atoms with Crippen LogP contribution in [0.3, 0.4) is 0 Å². The van der Waals surface area contributed by atoms with Gasteiger partial charge in [0.05, 0.1) is 22.8 Å². The summed E-state index contributed by atoms with van der Waals surface area (Å²) in [6, 6.07) is 0. The van der Waals surface area contributed by atoms with E-state index in [4.69, 9.17) is 4.74 Å².